The highest BCUT2D eigenvalue weighted by molar-refractivity contribution is 5.17. The van der Waals surface area contributed by atoms with E-state index in [0.29, 0.717) is 18.0 Å². The highest BCUT2D eigenvalue weighted by Gasteiger charge is 2.28. The predicted molar refractivity (Wildman–Crippen MR) is 56.7 cm³/mol. The van der Waals surface area contributed by atoms with Crippen LogP contribution in [0.5, 0.6) is 0 Å². The lowest BCUT2D eigenvalue weighted by molar-refractivity contribution is -0.0384. The Morgan fingerprint density at radius 1 is 1.31 bits per heavy atom. The molecule has 2 rings (SSSR count). The van der Waals surface area contributed by atoms with Crippen LogP contribution in [0.4, 0.5) is 8.78 Å². The van der Waals surface area contributed by atoms with Crippen molar-refractivity contribution in [2.75, 3.05) is 6.54 Å². The van der Waals surface area contributed by atoms with Gasteiger partial charge in [-0.3, -0.25) is 0 Å². The number of nitrogens with two attached hydrogens (primary N) is 1. The molecule has 1 aliphatic rings. The van der Waals surface area contributed by atoms with Gasteiger partial charge in [0.15, 0.2) is 0 Å². The van der Waals surface area contributed by atoms with Gasteiger partial charge in [0.05, 0.1) is 12.7 Å². The smallest absolute Gasteiger partial charge is 0.131 e. The summed E-state index contributed by atoms with van der Waals surface area (Å²) in [7, 11) is 0. The quantitative estimate of drug-likeness (QED) is 0.856. The van der Waals surface area contributed by atoms with E-state index in [1.165, 1.54) is 12.1 Å². The number of ether oxygens (including phenoxy) is 1. The third-order valence-corrected chi connectivity index (χ3v) is 3.02. The minimum atomic E-state index is -0.562. The molecule has 0 aliphatic heterocycles. The highest BCUT2D eigenvalue weighted by Crippen LogP contribution is 2.29. The van der Waals surface area contributed by atoms with Crippen LogP contribution in [-0.4, -0.2) is 12.6 Å². The van der Waals surface area contributed by atoms with Crippen molar-refractivity contribution >= 4 is 0 Å². The van der Waals surface area contributed by atoms with Gasteiger partial charge < -0.3 is 10.5 Å². The molecule has 1 aliphatic carbocycles. The summed E-state index contributed by atoms with van der Waals surface area (Å²) in [6, 6.07) is 3.54. The first kappa shape index (κ1) is 11.5. The van der Waals surface area contributed by atoms with Crippen LogP contribution >= 0.6 is 0 Å². The first-order valence-electron chi connectivity index (χ1n) is 5.44. The summed E-state index contributed by atoms with van der Waals surface area (Å²) < 4.78 is 31.4. The molecule has 1 aromatic rings. The fourth-order valence-electron chi connectivity index (χ4n) is 1.85. The summed E-state index contributed by atoms with van der Waals surface area (Å²) in [4.78, 5) is 0. The van der Waals surface area contributed by atoms with Crippen molar-refractivity contribution in [3.05, 3.63) is 35.4 Å². The summed E-state index contributed by atoms with van der Waals surface area (Å²) >= 11 is 0. The van der Waals surface area contributed by atoms with E-state index >= 15 is 0 Å². The van der Waals surface area contributed by atoms with Gasteiger partial charge in [-0.05, 0) is 31.4 Å². The van der Waals surface area contributed by atoms with Crippen LogP contribution in [0.15, 0.2) is 18.2 Å². The molecule has 88 valence electrons. The Balaban J connectivity index is 1.82. The predicted octanol–water partition coefficient (Wildman–Crippen LogP) is 2.22. The minimum absolute atomic E-state index is 0.179. The van der Waals surface area contributed by atoms with Gasteiger partial charge in [-0.1, -0.05) is 6.07 Å². The summed E-state index contributed by atoms with van der Waals surface area (Å²) in [5.41, 5.74) is 5.89. The van der Waals surface area contributed by atoms with Crippen molar-refractivity contribution in [1.82, 2.24) is 0 Å². The van der Waals surface area contributed by atoms with E-state index in [0.717, 1.165) is 18.9 Å². The fourth-order valence-corrected chi connectivity index (χ4v) is 1.85. The van der Waals surface area contributed by atoms with Gasteiger partial charge >= 0.3 is 0 Å². The molecule has 0 heterocycles. The molecule has 1 saturated carbocycles. The van der Waals surface area contributed by atoms with Gasteiger partial charge in [0.1, 0.15) is 11.6 Å². The molecule has 0 radical (unpaired) electrons. The lowest BCUT2D eigenvalue weighted by atomic mass is 9.82. The summed E-state index contributed by atoms with van der Waals surface area (Å²) in [6.45, 7) is 0.888. The van der Waals surface area contributed by atoms with Gasteiger partial charge in [0, 0.05) is 11.6 Å². The number of hydrogen-bond acceptors (Lipinski definition) is 2. The van der Waals surface area contributed by atoms with E-state index < -0.39 is 11.6 Å². The molecule has 0 aromatic heterocycles. The van der Waals surface area contributed by atoms with Crippen molar-refractivity contribution in [3.63, 3.8) is 0 Å². The molecule has 0 amide bonds. The van der Waals surface area contributed by atoms with Gasteiger partial charge in [-0.25, -0.2) is 8.78 Å². The van der Waals surface area contributed by atoms with Crippen LogP contribution in [0.25, 0.3) is 0 Å². The molecule has 0 atom stereocenters. The summed E-state index contributed by atoms with van der Waals surface area (Å²) in [5.74, 6) is -0.564. The normalized spacial score (nSPS) is 24.2. The Bertz CT molecular complexity index is 364. The van der Waals surface area contributed by atoms with Crippen LogP contribution in [-0.2, 0) is 11.3 Å². The molecule has 2 N–H and O–H groups in total. The van der Waals surface area contributed by atoms with E-state index in [1.54, 1.807) is 0 Å². The monoisotopic (exact) mass is 227 g/mol. The van der Waals surface area contributed by atoms with E-state index in [9.17, 15) is 8.78 Å². The van der Waals surface area contributed by atoms with E-state index in [1.807, 2.05) is 0 Å². The number of rotatable bonds is 4. The molecular weight excluding hydrogens is 212 g/mol. The minimum Gasteiger partial charge on any atom is -0.373 e. The van der Waals surface area contributed by atoms with Gasteiger partial charge in [0.25, 0.3) is 0 Å². The highest BCUT2D eigenvalue weighted by atomic mass is 19.1. The molecule has 1 aromatic carbocycles. The van der Waals surface area contributed by atoms with Crippen molar-refractivity contribution in [2.24, 2.45) is 11.7 Å². The third kappa shape index (κ3) is 2.57. The van der Waals surface area contributed by atoms with Crippen LogP contribution in [0.3, 0.4) is 0 Å². The van der Waals surface area contributed by atoms with Crippen LogP contribution in [0, 0.1) is 17.6 Å². The topological polar surface area (TPSA) is 35.2 Å². The second kappa shape index (κ2) is 4.89. The Kier molecular flexibility index (Phi) is 3.51. The lowest BCUT2D eigenvalue weighted by Gasteiger charge is -2.34. The molecule has 0 spiro atoms. The maximum atomic E-state index is 13.2. The van der Waals surface area contributed by atoms with E-state index in [2.05, 4.69) is 0 Å². The Hall–Kier alpha value is -1.00. The maximum Gasteiger partial charge on any atom is 0.131 e. The average molecular weight is 227 g/mol. The third-order valence-electron chi connectivity index (χ3n) is 3.02. The summed E-state index contributed by atoms with van der Waals surface area (Å²) in [6.07, 6.45) is 2.07. The second-order valence-electron chi connectivity index (χ2n) is 4.24. The zero-order valence-electron chi connectivity index (χ0n) is 8.96. The molecule has 0 bridgehead atoms. The standard InChI is InChI=1S/C12H15F2NO/c13-10-2-1-9(12(14)5-10)7-16-11-3-8(4-11)6-15/h1-2,5,8,11H,3-4,6-7,15H2. The summed E-state index contributed by atoms with van der Waals surface area (Å²) in [5, 5.41) is 0. The average Bonchev–Trinajstić information content (AvgIpc) is 2.18. The Morgan fingerprint density at radius 3 is 2.69 bits per heavy atom. The first-order valence-corrected chi connectivity index (χ1v) is 5.44. The largest absolute Gasteiger partial charge is 0.373 e. The molecular formula is C12H15F2NO. The number of hydrogen-bond donors (Lipinski definition) is 1. The molecule has 0 saturated heterocycles. The van der Waals surface area contributed by atoms with Crippen molar-refractivity contribution in [3.8, 4) is 0 Å². The van der Waals surface area contributed by atoms with Gasteiger partial charge in [-0.2, -0.15) is 0 Å². The molecule has 4 heteroatoms. The SMILES string of the molecule is NCC1CC(OCc2ccc(F)cc2F)C1. The van der Waals surface area contributed by atoms with Gasteiger partial charge in [0.2, 0.25) is 0 Å². The zero-order valence-corrected chi connectivity index (χ0v) is 8.96. The van der Waals surface area contributed by atoms with Crippen LogP contribution in [0.2, 0.25) is 0 Å². The number of halogens is 2. The lowest BCUT2D eigenvalue weighted by Crippen LogP contribution is -2.35. The van der Waals surface area contributed by atoms with Crippen LogP contribution in [0.1, 0.15) is 18.4 Å². The van der Waals surface area contributed by atoms with Gasteiger partial charge in [-0.15, -0.1) is 0 Å². The number of benzene rings is 1. The molecule has 16 heavy (non-hydrogen) atoms. The first-order chi connectivity index (χ1) is 7.69. The van der Waals surface area contributed by atoms with Crippen molar-refractivity contribution in [2.45, 2.75) is 25.6 Å². The van der Waals surface area contributed by atoms with E-state index in [-0.39, 0.29) is 12.7 Å². The molecule has 1 fully saturated rings. The Morgan fingerprint density at radius 2 is 2.06 bits per heavy atom. The van der Waals surface area contributed by atoms with Crippen LogP contribution < -0.4 is 5.73 Å². The maximum absolute atomic E-state index is 13.2. The Labute approximate surface area is 93.4 Å². The molecule has 0 unspecified atom stereocenters. The van der Waals surface area contributed by atoms with Crippen molar-refractivity contribution < 1.29 is 13.5 Å². The zero-order chi connectivity index (χ0) is 11.5. The van der Waals surface area contributed by atoms with Crippen molar-refractivity contribution in [1.29, 1.82) is 0 Å². The van der Waals surface area contributed by atoms with E-state index in [4.69, 9.17) is 10.5 Å². The second-order valence-corrected chi connectivity index (χ2v) is 4.24. The molecule has 2 nitrogen and oxygen atoms in total. The fraction of sp³-hybridized carbons (Fsp3) is 0.500.